The Balaban J connectivity index is 2.28. The van der Waals surface area contributed by atoms with E-state index < -0.39 is 0 Å². The summed E-state index contributed by atoms with van der Waals surface area (Å²) in [4.78, 5) is 4.36. The van der Waals surface area contributed by atoms with E-state index in [4.69, 9.17) is 0 Å². The maximum absolute atomic E-state index is 14.2. The molecule has 110 valence electrons. The van der Waals surface area contributed by atoms with E-state index in [1.54, 1.807) is 42.6 Å². The maximum atomic E-state index is 14.2. The van der Waals surface area contributed by atoms with Gasteiger partial charge in [-0.1, -0.05) is 46.3 Å². The lowest BCUT2D eigenvalue weighted by Gasteiger charge is -2.12. The molecule has 22 heavy (non-hydrogen) atoms. The first-order valence-corrected chi connectivity index (χ1v) is 7.87. The van der Waals surface area contributed by atoms with Crippen molar-refractivity contribution in [2.24, 2.45) is 0 Å². The van der Waals surface area contributed by atoms with Crippen molar-refractivity contribution in [3.05, 3.63) is 78.0 Å². The Morgan fingerprint density at radius 2 is 1.41 bits per heavy atom. The average molecular weight is 360 g/mol. The van der Waals surface area contributed by atoms with Crippen molar-refractivity contribution in [3.8, 4) is 22.4 Å². The molecule has 0 fully saturated rings. The number of hydrogen-bond donors (Lipinski definition) is 0. The van der Waals surface area contributed by atoms with E-state index in [-0.39, 0.29) is 11.6 Å². The van der Waals surface area contributed by atoms with Crippen LogP contribution < -0.4 is 0 Å². The number of hydrogen-bond acceptors (Lipinski definition) is 1. The smallest absolute Gasteiger partial charge is 0.132 e. The molecule has 0 amide bonds. The summed E-state index contributed by atoms with van der Waals surface area (Å²) in [5, 5.41) is 0.596. The molecule has 4 heteroatoms. The molecule has 0 radical (unpaired) electrons. The molecular formula is C18H12BrF2N. The quantitative estimate of drug-likeness (QED) is 0.555. The predicted octanol–water partition coefficient (Wildman–Crippen LogP) is 5.59. The van der Waals surface area contributed by atoms with E-state index in [0.29, 0.717) is 27.7 Å². The van der Waals surface area contributed by atoms with Crippen LogP contribution in [0.15, 0.2) is 60.8 Å². The van der Waals surface area contributed by atoms with Gasteiger partial charge in [0.05, 0.1) is 5.69 Å². The molecule has 3 aromatic rings. The topological polar surface area (TPSA) is 12.9 Å². The zero-order valence-corrected chi connectivity index (χ0v) is 13.1. The molecule has 0 unspecified atom stereocenters. The van der Waals surface area contributed by atoms with Crippen molar-refractivity contribution >= 4 is 15.9 Å². The maximum Gasteiger partial charge on any atom is 0.132 e. The number of alkyl halides is 1. The van der Waals surface area contributed by atoms with E-state index in [9.17, 15) is 8.78 Å². The first kappa shape index (κ1) is 14.9. The second kappa shape index (κ2) is 6.36. The standard InChI is InChI=1S/C18H12BrF2N/c19-10-12-9-15(13-5-1-3-7-16(13)20)18(22-11-12)14-6-2-4-8-17(14)21/h1-9,11H,10H2. The predicted molar refractivity (Wildman–Crippen MR) is 87.7 cm³/mol. The van der Waals surface area contributed by atoms with Gasteiger partial charge in [-0.25, -0.2) is 8.78 Å². The van der Waals surface area contributed by atoms with Crippen LogP contribution in [0.3, 0.4) is 0 Å². The minimum atomic E-state index is -0.376. The molecule has 0 bridgehead atoms. The van der Waals surface area contributed by atoms with Crippen LogP contribution in [-0.2, 0) is 5.33 Å². The Labute approximate surface area is 135 Å². The largest absolute Gasteiger partial charge is 0.255 e. The molecule has 2 aromatic carbocycles. The Bertz CT molecular complexity index is 818. The van der Waals surface area contributed by atoms with Crippen LogP contribution in [-0.4, -0.2) is 4.98 Å². The van der Waals surface area contributed by atoms with Gasteiger partial charge in [0.1, 0.15) is 11.6 Å². The summed E-state index contributed by atoms with van der Waals surface area (Å²) < 4.78 is 28.3. The molecular weight excluding hydrogens is 348 g/mol. The highest BCUT2D eigenvalue weighted by molar-refractivity contribution is 9.08. The minimum absolute atomic E-state index is 0.353. The average Bonchev–Trinajstić information content (AvgIpc) is 2.55. The molecule has 0 atom stereocenters. The molecule has 0 aliphatic rings. The van der Waals surface area contributed by atoms with Gasteiger partial charge >= 0.3 is 0 Å². The van der Waals surface area contributed by atoms with Crippen LogP contribution in [0.2, 0.25) is 0 Å². The molecule has 0 spiro atoms. The monoisotopic (exact) mass is 359 g/mol. The van der Waals surface area contributed by atoms with Crippen LogP contribution in [0.1, 0.15) is 5.56 Å². The summed E-state index contributed by atoms with van der Waals surface area (Å²) in [6.45, 7) is 0. The Morgan fingerprint density at radius 1 is 0.818 bits per heavy atom. The zero-order chi connectivity index (χ0) is 15.5. The van der Waals surface area contributed by atoms with Crippen LogP contribution in [0, 0.1) is 11.6 Å². The van der Waals surface area contributed by atoms with Gasteiger partial charge < -0.3 is 0 Å². The van der Waals surface area contributed by atoms with E-state index >= 15 is 0 Å². The highest BCUT2D eigenvalue weighted by Crippen LogP contribution is 2.34. The first-order valence-electron chi connectivity index (χ1n) is 6.75. The van der Waals surface area contributed by atoms with Crippen molar-refractivity contribution in [2.75, 3.05) is 0 Å². The normalized spacial score (nSPS) is 10.7. The summed E-state index contributed by atoms with van der Waals surface area (Å²) in [6, 6.07) is 14.7. The van der Waals surface area contributed by atoms with Gasteiger partial charge in [-0.3, -0.25) is 4.98 Å². The lowest BCUT2D eigenvalue weighted by atomic mass is 9.97. The number of nitrogens with zero attached hydrogens (tertiary/aromatic N) is 1. The summed E-state index contributed by atoms with van der Waals surface area (Å²) in [5.41, 5.74) is 2.70. The number of benzene rings is 2. The van der Waals surface area contributed by atoms with E-state index in [1.165, 1.54) is 12.1 Å². The van der Waals surface area contributed by atoms with Crippen molar-refractivity contribution in [1.29, 1.82) is 0 Å². The molecule has 1 nitrogen and oxygen atoms in total. The molecule has 0 N–H and O–H groups in total. The Hall–Kier alpha value is -2.07. The molecule has 0 aliphatic heterocycles. The van der Waals surface area contributed by atoms with Crippen molar-refractivity contribution in [1.82, 2.24) is 4.98 Å². The first-order chi connectivity index (χ1) is 10.7. The SMILES string of the molecule is Fc1ccccc1-c1cc(CBr)cnc1-c1ccccc1F. The van der Waals surface area contributed by atoms with Crippen molar-refractivity contribution < 1.29 is 8.78 Å². The van der Waals surface area contributed by atoms with Gasteiger partial charge in [0.15, 0.2) is 0 Å². The van der Waals surface area contributed by atoms with E-state index in [0.717, 1.165) is 5.56 Å². The van der Waals surface area contributed by atoms with E-state index in [2.05, 4.69) is 20.9 Å². The van der Waals surface area contributed by atoms with Gasteiger partial charge in [0, 0.05) is 28.2 Å². The highest BCUT2D eigenvalue weighted by Gasteiger charge is 2.15. The molecule has 3 rings (SSSR count). The highest BCUT2D eigenvalue weighted by atomic mass is 79.9. The fourth-order valence-corrected chi connectivity index (χ4v) is 2.64. The zero-order valence-electron chi connectivity index (χ0n) is 11.6. The van der Waals surface area contributed by atoms with Crippen LogP contribution in [0.25, 0.3) is 22.4 Å². The van der Waals surface area contributed by atoms with Crippen molar-refractivity contribution in [2.45, 2.75) is 5.33 Å². The van der Waals surface area contributed by atoms with E-state index in [1.807, 2.05) is 6.07 Å². The van der Waals surface area contributed by atoms with Crippen LogP contribution in [0.5, 0.6) is 0 Å². The molecule has 0 saturated carbocycles. The molecule has 0 aliphatic carbocycles. The molecule has 1 aromatic heterocycles. The Morgan fingerprint density at radius 3 is 2.00 bits per heavy atom. The van der Waals surface area contributed by atoms with Crippen LogP contribution >= 0.6 is 15.9 Å². The fourth-order valence-electron chi connectivity index (χ4n) is 2.33. The van der Waals surface area contributed by atoms with Gasteiger partial charge in [0.2, 0.25) is 0 Å². The fraction of sp³-hybridized carbons (Fsp3) is 0.0556. The Kier molecular flexibility index (Phi) is 4.29. The number of pyridine rings is 1. The van der Waals surface area contributed by atoms with Gasteiger partial charge in [-0.15, -0.1) is 0 Å². The third-order valence-electron chi connectivity index (χ3n) is 3.39. The number of aromatic nitrogens is 1. The molecule has 1 heterocycles. The summed E-state index contributed by atoms with van der Waals surface area (Å²) >= 11 is 3.37. The van der Waals surface area contributed by atoms with Crippen molar-refractivity contribution in [3.63, 3.8) is 0 Å². The van der Waals surface area contributed by atoms with Gasteiger partial charge in [0.25, 0.3) is 0 Å². The second-order valence-electron chi connectivity index (χ2n) is 4.83. The summed E-state index contributed by atoms with van der Waals surface area (Å²) in [5.74, 6) is -0.729. The minimum Gasteiger partial charge on any atom is -0.255 e. The van der Waals surface area contributed by atoms with Gasteiger partial charge in [-0.2, -0.15) is 0 Å². The third kappa shape index (κ3) is 2.79. The second-order valence-corrected chi connectivity index (χ2v) is 5.39. The summed E-state index contributed by atoms with van der Waals surface area (Å²) in [7, 11) is 0. The third-order valence-corrected chi connectivity index (χ3v) is 4.04. The number of halogens is 3. The van der Waals surface area contributed by atoms with Gasteiger partial charge in [-0.05, 0) is 29.8 Å². The lowest BCUT2D eigenvalue weighted by molar-refractivity contribution is 0.628. The molecule has 0 saturated heterocycles. The van der Waals surface area contributed by atoms with Crippen LogP contribution in [0.4, 0.5) is 8.78 Å². The lowest BCUT2D eigenvalue weighted by Crippen LogP contribution is -1.95. The summed E-state index contributed by atoms with van der Waals surface area (Å²) in [6.07, 6.45) is 1.67. The number of rotatable bonds is 3.